The molecular formula is C21H18ClN3O2. The fraction of sp³-hybridized carbons (Fsp3) is 0.190. The predicted octanol–water partition coefficient (Wildman–Crippen LogP) is 4.32. The Morgan fingerprint density at radius 2 is 2.04 bits per heavy atom. The maximum absolute atomic E-state index is 13.0. The number of anilines is 1. The highest BCUT2D eigenvalue weighted by Gasteiger charge is 2.27. The average molecular weight is 380 g/mol. The SMILES string of the molecule is Cc1cc2c(cc1Cl)N(C(=O)c1cnc(-c3cccnc3C)c(O)c1)CC2. The van der Waals surface area contributed by atoms with Gasteiger partial charge in [0.2, 0.25) is 0 Å². The van der Waals surface area contributed by atoms with E-state index < -0.39 is 0 Å². The van der Waals surface area contributed by atoms with Crippen LogP contribution in [-0.4, -0.2) is 27.5 Å². The fourth-order valence-electron chi connectivity index (χ4n) is 3.41. The van der Waals surface area contributed by atoms with E-state index in [2.05, 4.69) is 9.97 Å². The molecule has 0 spiro atoms. The Bertz CT molecular complexity index is 1070. The third kappa shape index (κ3) is 3.04. The van der Waals surface area contributed by atoms with Crippen LogP contribution in [0.15, 0.2) is 42.7 Å². The van der Waals surface area contributed by atoms with Crippen molar-refractivity contribution in [3.8, 4) is 17.0 Å². The number of nitrogens with zero attached hydrogens (tertiary/aromatic N) is 3. The molecule has 6 heteroatoms. The van der Waals surface area contributed by atoms with E-state index in [9.17, 15) is 9.90 Å². The number of aryl methyl sites for hydroxylation is 2. The quantitative estimate of drug-likeness (QED) is 0.720. The summed E-state index contributed by atoms with van der Waals surface area (Å²) >= 11 is 6.24. The molecule has 3 heterocycles. The molecule has 1 aliphatic rings. The molecule has 27 heavy (non-hydrogen) atoms. The predicted molar refractivity (Wildman–Crippen MR) is 105 cm³/mol. The topological polar surface area (TPSA) is 66.3 Å². The lowest BCUT2D eigenvalue weighted by molar-refractivity contribution is 0.0988. The fourth-order valence-corrected chi connectivity index (χ4v) is 3.57. The average Bonchev–Trinajstić information content (AvgIpc) is 3.05. The number of carbonyl (C=O) groups excluding carboxylic acids is 1. The van der Waals surface area contributed by atoms with E-state index in [1.807, 2.05) is 32.0 Å². The van der Waals surface area contributed by atoms with Gasteiger partial charge in [-0.15, -0.1) is 0 Å². The molecule has 1 amide bonds. The summed E-state index contributed by atoms with van der Waals surface area (Å²) in [5.74, 6) is -0.246. The first-order valence-corrected chi connectivity index (χ1v) is 9.05. The molecule has 0 bridgehead atoms. The molecule has 0 fully saturated rings. The van der Waals surface area contributed by atoms with Crippen LogP contribution in [0.2, 0.25) is 5.02 Å². The van der Waals surface area contributed by atoms with Gasteiger partial charge in [-0.2, -0.15) is 0 Å². The third-order valence-corrected chi connectivity index (χ3v) is 5.28. The summed E-state index contributed by atoms with van der Waals surface area (Å²) in [5.41, 5.74) is 5.17. The van der Waals surface area contributed by atoms with E-state index in [0.717, 1.165) is 34.5 Å². The molecule has 136 valence electrons. The molecule has 5 nitrogen and oxygen atoms in total. The maximum atomic E-state index is 13.0. The Hall–Kier alpha value is -2.92. The van der Waals surface area contributed by atoms with E-state index in [-0.39, 0.29) is 11.7 Å². The Balaban J connectivity index is 1.68. The molecule has 0 saturated heterocycles. The first-order chi connectivity index (χ1) is 13.0. The zero-order valence-electron chi connectivity index (χ0n) is 15.0. The molecule has 1 aromatic carbocycles. The molecule has 3 aromatic rings. The number of carbonyl (C=O) groups is 1. The summed E-state index contributed by atoms with van der Waals surface area (Å²) in [5, 5.41) is 11.1. The molecule has 2 aromatic heterocycles. The third-order valence-electron chi connectivity index (χ3n) is 4.88. The number of hydrogen-bond acceptors (Lipinski definition) is 4. The molecule has 1 aliphatic heterocycles. The molecule has 1 N–H and O–H groups in total. The Morgan fingerprint density at radius 1 is 1.22 bits per heavy atom. The second-order valence-corrected chi connectivity index (χ2v) is 7.07. The van der Waals surface area contributed by atoms with Gasteiger partial charge < -0.3 is 10.0 Å². The van der Waals surface area contributed by atoms with Crippen molar-refractivity contribution in [3.05, 3.63) is 70.1 Å². The lowest BCUT2D eigenvalue weighted by atomic mass is 10.1. The van der Waals surface area contributed by atoms with Gasteiger partial charge in [0.05, 0.1) is 5.56 Å². The Morgan fingerprint density at radius 3 is 2.78 bits per heavy atom. The van der Waals surface area contributed by atoms with Gasteiger partial charge in [0.15, 0.2) is 0 Å². The van der Waals surface area contributed by atoms with Crippen molar-refractivity contribution in [1.29, 1.82) is 0 Å². The summed E-state index contributed by atoms with van der Waals surface area (Å²) in [6, 6.07) is 8.94. The second-order valence-electron chi connectivity index (χ2n) is 6.66. The number of hydrogen-bond donors (Lipinski definition) is 1. The van der Waals surface area contributed by atoms with E-state index >= 15 is 0 Å². The summed E-state index contributed by atoms with van der Waals surface area (Å²) in [4.78, 5) is 23.2. The highest BCUT2D eigenvalue weighted by molar-refractivity contribution is 6.31. The summed E-state index contributed by atoms with van der Waals surface area (Å²) in [6.45, 7) is 4.38. The van der Waals surface area contributed by atoms with Gasteiger partial charge in [-0.1, -0.05) is 17.7 Å². The van der Waals surface area contributed by atoms with Crippen LogP contribution in [0.4, 0.5) is 5.69 Å². The molecule has 0 saturated carbocycles. The first kappa shape index (κ1) is 17.5. The number of aromatic hydroxyl groups is 1. The van der Waals surface area contributed by atoms with Gasteiger partial charge in [0.25, 0.3) is 5.91 Å². The van der Waals surface area contributed by atoms with Crippen molar-refractivity contribution < 1.29 is 9.90 Å². The highest BCUT2D eigenvalue weighted by atomic mass is 35.5. The Labute approximate surface area is 162 Å². The molecule has 0 aliphatic carbocycles. The number of aromatic nitrogens is 2. The molecule has 0 atom stereocenters. The largest absolute Gasteiger partial charge is 0.506 e. The van der Waals surface area contributed by atoms with Crippen LogP contribution in [0.5, 0.6) is 5.75 Å². The van der Waals surface area contributed by atoms with E-state index in [0.29, 0.717) is 22.8 Å². The van der Waals surface area contributed by atoms with Crippen molar-refractivity contribution in [2.45, 2.75) is 20.3 Å². The van der Waals surface area contributed by atoms with Crippen LogP contribution in [0.25, 0.3) is 11.3 Å². The van der Waals surface area contributed by atoms with Crippen LogP contribution in [0.3, 0.4) is 0 Å². The molecule has 4 rings (SSSR count). The standard InChI is InChI=1S/C21H18ClN3O2/c1-12-8-14-5-7-25(18(14)10-17(12)22)21(27)15-9-19(26)20(24-11-15)16-4-3-6-23-13(16)2/h3-4,6,8-11,26H,5,7H2,1-2H3. The van der Waals surface area contributed by atoms with Crippen LogP contribution >= 0.6 is 11.6 Å². The number of rotatable bonds is 2. The minimum Gasteiger partial charge on any atom is -0.506 e. The normalized spacial score (nSPS) is 12.9. The number of pyridine rings is 2. The lowest BCUT2D eigenvalue weighted by Crippen LogP contribution is -2.29. The van der Waals surface area contributed by atoms with Crippen molar-refractivity contribution in [3.63, 3.8) is 0 Å². The van der Waals surface area contributed by atoms with Crippen LogP contribution in [0.1, 0.15) is 27.2 Å². The first-order valence-electron chi connectivity index (χ1n) is 8.67. The van der Waals surface area contributed by atoms with Gasteiger partial charge in [0.1, 0.15) is 11.4 Å². The minimum absolute atomic E-state index is 0.0432. The molecule has 0 unspecified atom stereocenters. The van der Waals surface area contributed by atoms with Gasteiger partial charge in [0, 0.05) is 40.9 Å². The molecule has 0 radical (unpaired) electrons. The van der Waals surface area contributed by atoms with Gasteiger partial charge in [-0.05, 0) is 55.7 Å². The van der Waals surface area contributed by atoms with Crippen molar-refractivity contribution >= 4 is 23.2 Å². The van der Waals surface area contributed by atoms with Gasteiger partial charge in [-0.25, -0.2) is 0 Å². The van der Waals surface area contributed by atoms with E-state index in [4.69, 9.17) is 11.6 Å². The lowest BCUT2D eigenvalue weighted by Gasteiger charge is -2.18. The van der Waals surface area contributed by atoms with Crippen LogP contribution in [-0.2, 0) is 6.42 Å². The molecular weight excluding hydrogens is 362 g/mol. The maximum Gasteiger partial charge on any atom is 0.259 e. The van der Waals surface area contributed by atoms with Gasteiger partial charge in [-0.3, -0.25) is 14.8 Å². The van der Waals surface area contributed by atoms with Crippen LogP contribution < -0.4 is 4.90 Å². The van der Waals surface area contributed by atoms with E-state index in [1.165, 1.54) is 12.3 Å². The smallest absolute Gasteiger partial charge is 0.259 e. The van der Waals surface area contributed by atoms with Crippen molar-refractivity contribution in [2.75, 3.05) is 11.4 Å². The monoisotopic (exact) mass is 379 g/mol. The summed E-state index contributed by atoms with van der Waals surface area (Å²) in [6.07, 6.45) is 3.97. The number of amides is 1. The van der Waals surface area contributed by atoms with Crippen molar-refractivity contribution in [1.82, 2.24) is 9.97 Å². The summed E-state index contributed by atoms with van der Waals surface area (Å²) < 4.78 is 0. The highest BCUT2D eigenvalue weighted by Crippen LogP contribution is 2.35. The second kappa shape index (κ2) is 6.67. The van der Waals surface area contributed by atoms with E-state index in [1.54, 1.807) is 17.2 Å². The number of halogens is 1. The zero-order valence-corrected chi connectivity index (χ0v) is 15.8. The van der Waals surface area contributed by atoms with Crippen LogP contribution in [0, 0.1) is 13.8 Å². The zero-order chi connectivity index (χ0) is 19.1. The number of fused-ring (bicyclic) bond motifs is 1. The summed E-state index contributed by atoms with van der Waals surface area (Å²) in [7, 11) is 0. The minimum atomic E-state index is -0.203. The Kier molecular flexibility index (Phi) is 4.32. The number of benzene rings is 1. The van der Waals surface area contributed by atoms with Gasteiger partial charge >= 0.3 is 0 Å². The van der Waals surface area contributed by atoms with Crippen molar-refractivity contribution in [2.24, 2.45) is 0 Å².